The molecule has 0 aliphatic carbocycles. The minimum Gasteiger partial charge on any atom is -0.361 e. The third-order valence-electron chi connectivity index (χ3n) is 2.66. The number of nitro groups is 1. The van der Waals surface area contributed by atoms with Crippen molar-refractivity contribution in [3.05, 3.63) is 46.1 Å². The van der Waals surface area contributed by atoms with Crippen LogP contribution in [0.25, 0.3) is 10.9 Å². The summed E-state index contributed by atoms with van der Waals surface area (Å²) in [6.07, 6.45) is 2.54. The van der Waals surface area contributed by atoms with Crippen molar-refractivity contribution in [2.24, 2.45) is 0 Å². The monoisotopic (exact) mass is 247 g/mol. The number of H-pyrrole nitrogens is 1. The normalized spacial score (nSPS) is 10.4. The summed E-state index contributed by atoms with van der Waals surface area (Å²) in [7, 11) is 0. The molecule has 0 aliphatic rings. The maximum absolute atomic E-state index is 11.1. The maximum atomic E-state index is 11.1. The SMILES string of the molecule is O=C(C[N+](=O)[O-])NCCc1c[nH]c2ccccc12. The lowest BCUT2D eigenvalue weighted by atomic mass is 10.1. The predicted octanol–water partition coefficient (Wildman–Crippen LogP) is 1.10. The number of para-hydroxylation sites is 1. The van der Waals surface area contributed by atoms with E-state index in [0.717, 1.165) is 16.5 Å². The van der Waals surface area contributed by atoms with Crippen LogP contribution < -0.4 is 5.32 Å². The molecule has 1 aromatic carbocycles. The largest absolute Gasteiger partial charge is 0.361 e. The fourth-order valence-electron chi connectivity index (χ4n) is 1.85. The van der Waals surface area contributed by atoms with Crippen LogP contribution >= 0.6 is 0 Å². The number of hydrogen-bond donors (Lipinski definition) is 2. The second-order valence-corrected chi connectivity index (χ2v) is 3.95. The summed E-state index contributed by atoms with van der Waals surface area (Å²) < 4.78 is 0. The molecule has 18 heavy (non-hydrogen) atoms. The Morgan fingerprint density at radius 3 is 2.94 bits per heavy atom. The first-order chi connectivity index (χ1) is 8.66. The molecule has 2 rings (SSSR count). The van der Waals surface area contributed by atoms with Gasteiger partial charge in [0.05, 0.1) is 0 Å². The van der Waals surface area contributed by atoms with Crippen LogP contribution in [0, 0.1) is 10.1 Å². The lowest BCUT2D eigenvalue weighted by Crippen LogP contribution is -2.31. The average molecular weight is 247 g/mol. The third-order valence-corrected chi connectivity index (χ3v) is 2.66. The highest BCUT2D eigenvalue weighted by Gasteiger charge is 2.08. The lowest BCUT2D eigenvalue weighted by molar-refractivity contribution is -0.467. The van der Waals surface area contributed by atoms with Crippen LogP contribution in [-0.4, -0.2) is 28.9 Å². The molecule has 94 valence electrons. The number of fused-ring (bicyclic) bond motifs is 1. The second kappa shape index (κ2) is 5.31. The number of aromatic amines is 1. The summed E-state index contributed by atoms with van der Waals surface area (Å²) in [6, 6.07) is 7.87. The van der Waals surface area contributed by atoms with E-state index in [-0.39, 0.29) is 0 Å². The summed E-state index contributed by atoms with van der Waals surface area (Å²) in [5, 5.41) is 13.8. The first-order valence-electron chi connectivity index (χ1n) is 5.60. The maximum Gasteiger partial charge on any atom is 0.291 e. The van der Waals surface area contributed by atoms with Gasteiger partial charge in [0.25, 0.3) is 12.5 Å². The molecule has 1 heterocycles. The molecule has 0 saturated heterocycles. The molecular weight excluding hydrogens is 234 g/mol. The molecule has 0 saturated carbocycles. The van der Waals surface area contributed by atoms with Gasteiger partial charge in [0, 0.05) is 28.6 Å². The molecule has 0 bridgehead atoms. The van der Waals surface area contributed by atoms with Gasteiger partial charge in [-0.3, -0.25) is 14.9 Å². The van der Waals surface area contributed by atoms with E-state index in [2.05, 4.69) is 10.3 Å². The highest BCUT2D eigenvalue weighted by Crippen LogP contribution is 2.17. The number of aromatic nitrogens is 1. The van der Waals surface area contributed by atoms with Crippen molar-refractivity contribution in [3.8, 4) is 0 Å². The van der Waals surface area contributed by atoms with Gasteiger partial charge in [-0.05, 0) is 18.1 Å². The van der Waals surface area contributed by atoms with E-state index in [1.54, 1.807) is 0 Å². The summed E-state index contributed by atoms with van der Waals surface area (Å²) in [5.74, 6) is -0.556. The van der Waals surface area contributed by atoms with Crippen molar-refractivity contribution >= 4 is 16.8 Å². The number of carbonyl (C=O) groups excluding carboxylic acids is 1. The number of carbonyl (C=O) groups is 1. The van der Waals surface area contributed by atoms with E-state index >= 15 is 0 Å². The van der Waals surface area contributed by atoms with Crippen molar-refractivity contribution in [2.75, 3.05) is 13.1 Å². The van der Waals surface area contributed by atoms with Crippen LogP contribution in [0.2, 0.25) is 0 Å². The molecular formula is C12H13N3O3. The molecule has 0 spiro atoms. The van der Waals surface area contributed by atoms with Crippen LogP contribution in [0.15, 0.2) is 30.5 Å². The Balaban J connectivity index is 1.91. The molecule has 0 fully saturated rings. The van der Waals surface area contributed by atoms with E-state index < -0.39 is 17.4 Å². The second-order valence-electron chi connectivity index (χ2n) is 3.95. The molecule has 0 atom stereocenters. The zero-order valence-electron chi connectivity index (χ0n) is 9.68. The number of hydrogen-bond acceptors (Lipinski definition) is 3. The minimum atomic E-state index is -0.673. The zero-order chi connectivity index (χ0) is 13.0. The first-order valence-corrected chi connectivity index (χ1v) is 5.60. The standard InChI is InChI=1S/C12H13N3O3/c16-12(8-15(17)18)13-6-5-9-7-14-11-4-2-1-3-10(9)11/h1-4,7,14H,5-6,8H2,(H,13,16). The third kappa shape index (κ3) is 2.85. The van der Waals surface area contributed by atoms with Gasteiger partial charge in [-0.1, -0.05) is 18.2 Å². The van der Waals surface area contributed by atoms with E-state index in [0.29, 0.717) is 13.0 Å². The minimum absolute atomic E-state index is 0.397. The smallest absolute Gasteiger partial charge is 0.291 e. The number of nitrogens with zero attached hydrogens (tertiary/aromatic N) is 1. The number of rotatable bonds is 5. The van der Waals surface area contributed by atoms with Gasteiger partial charge < -0.3 is 10.3 Å². The average Bonchev–Trinajstić information content (AvgIpc) is 2.72. The van der Waals surface area contributed by atoms with Crippen molar-refractivity contribution in [1.29, 1.82) is 0 Å². The van der Waals surface area contributed by atoms with Gasteiger partial charge in [0.1, 0.15) is 0 Å². The number of amides is 1. The van der Waals surface area contributed by atoms with Gasteiger partial charge >= 0.3 is 0 Å². The molecule has 0 aliphatic heterocycles. The molecule has 6 heteroatoms. The summed E-state index contributed by atoms with van der Waals surface area (Å²) >= 11 is 0. The van der Waals surface area contributed by atoms with E-state index in [9.17, 15) is 14.9 Å². The van der Waals surface area contributed by atoms with Crippen LogP contribution in [0.4, 0.5) is 0 Å². The number of benzene rings is 1. The molecule has 1 amide bonds. The Morgan fingerprint density at radius 1 is 1.39 bits per heavy atom. The Kier molecular flexibility index (Phi) is 3.57. The summed E-state index contributed by atoms with van der Waals surface area (Å²) in [6.45, 7) is -0.275. The Bertz CT molecular complexity index is 577. The lowest BCUT2D eigenvalue weighted by Gasteiger charge is -2.01. The van der Waals surface area contributed by atoms with Gasteiger partial charge in [-0.15, -0.1) is 0 Å². The van der Waals surface area contributed by atoms with Crippen molar-refractivity contribution < 1.29 is 9.72 Å². The van der Waals surface area contributed by atoms with Crippen molar-refractivity contribution in [1.82, 2.24) is 10.3 Å². The molecule has 6 nitrogen and oxygen atoms in total. The quantitative estimate of drug-likeness (QED) is 0.612. The van der Waals surface area contributed by atoms with Crippen LogP contribution in [0.3, 0.4) is 0 Å². The highest BCUT2D eigenvalue weighted by molar-refractivity contribution is 5.83. The molecule has 0 radical (unpaired) electrons. The predicted molar refractivity (Wildman–Crippen MR) is 66.9 cm³/mol. The Morgan fingerprint density at radius 2 is 2.17 bits per heavy atom. The molecule has 0 unspecified atom stereocenters. The first kappa shape index (κ1) is 12.1. The summed E-state index contributed by atoms with van der Waals surface area (Å²) in [5.41, 5.74) is 2.14. The van der Waals surface area contributed by atoms with Crippen molar-refractivity contribution in [3.63, 3.8) is 0 Å². The number of nitrogens with one attached hydrogen (secondary N) is 2. The van der Waals surface area contributed by atoms with E-state index in [1.807, 2.05) is 30.5 Å². The Hall–Kier alpha value is -2.37. The van der Waals surface area contributed by atoms with Gasteiger partial charge in [-0.2, -0.15) is 0 Å². The van der Waals surface area contributed by atoms with Crippen LogP contribution in [0.5, 0.6) is 0 Å². The molecule has 1 aromatic heterocycles. The van der Waals surface area contributed by atoms with Gasteiger partial charge in [-0.25, -0.2) is 0 Å². The molecule has 2 N–H and O–H groups in total. The van der Waals surface area contributed by atoms with Gasteiger partial charge in [0.15, 0.2) is 0 Å². The van der Waals surface area contributed by atoms with Crippen molar-refractivity contribution in [2.45, 2.75) is 6.42 Å². The Labute approximate surface area is 103 Å². The topological polar surface area (TPSA) is 88.0 Å². The van der Waals surface area contributed by atoms with E-state index in [4.69, 9.17) is 0 Å². The molecule has 2 aromatic rings. The zero-order valence-corrected chi connectivity index (χ0v) is 9.68. The van der Waals surface area contributed by atoms with E-state index in [1.165, 1.54) is 0 Å². The highest BCUT2D eigenvalue weighted by atomic mass is 16.6. The van der Waals surface area contributed by atoms with Gasteiger partial charge in [0.2, 0.25) is 0 Å². The summed E-state index contributed by atoms with van der Waals surface area (Å²) in [4.78, 5) is 23.7. The van der Waals surface area contributed by atoms with Crippen LogP contribution in [0.1, 0.15) is 5.56 Å². The van der Waals surface area contributed by atoms with Crippen LogP contribution in [-0.2, 0) is 11.2 Å². The fourth-order valence-corrected chi connectivity index (χ4v) is 1.85. The fraction of sp³-hybridized carbons (Fsp3) is 0.250.